The molecule has 1 aliphatic rings. The van der Waals surface area contributed by atoms with E-state index in [1.165, 1.54) is 42.4 Å². The molecule has 7 heteroatoms. The third kappa shape index (κ3) is 4.09. The molecule has 144 valence electrons. The number of nitrogens with zero attached hydrogens (tertiary/aromatic N) is 4. The van der Waals surface area contributed by atoms with Crippen LogP contribution in [0.4, 0.5) is 10.3 Å². The van der Waals surface area contributed by atoms with Gasteiger partial charge in [0.15, 0.2) is 10.9 Å². The highest BCUT2D eigenvalue weighted by molar-refractivity contribution is 7.99. The van der Waals surface area contributed by atoms with Crippen molar-refractivity contribution in [1.29, 1.82) is 0 Å². The number of Topliss-reactive ketones (excluding diaryl/α,β-unsaturated/α-hetero) is 1. The number of hydrogen-bond acceptors (Lipinski definition) is 5. The van der Waals surface area contributed by atoms with Crippen molar-refractivity contribution in [3.63, 3.8) is 0 Å². The van der Waals surface area contributed by atoms with Crippen LogP contribution in [0.5, 0.6) is 0 Å². The van der Waals surface area contributed by atoms with Gasteiger partial charge in [-0.05, 0) is 55.7 Å². The Hall–Kier alpha value is -2.67. The van der Waals surface area contributed by atoms with Crippen molar-refractivity contribution in [1.82, 2.24) is 14.8 Å². The number of benzene rings is 2. The molecule has 2 heterocycles. The van der Waals surface area contributed by atoms with Gasteiger partial charge in [0.2, 0.25) is 5.95 Å². The average Bonchev–Trinajstić information content (AvgIpc) is 3.18. The van der Waals surface area contributed by atoms with Crippen molar-refractivity contribution < 1.29 is 9.18 Å². The van der Waals surface area contributed by atoms with Gasteiger partial charge in [0.1, 0.15) is 5.82 Å². The smallest absolute Gasteiger partial charge is 0.232 e. The lowest BCUT2D eigenvalue weighted by Crippen LogP contribution is -2.31. The van der Waals surface area contributed by atoms with Crippen LogP contribution in [0.1, 0.15) is 29.6 Å². The Balaban J connectivity index is 1.58. The second-order valence-electron chi connectivity index (χ2n) is 6.72. The maximum atomic E-state index is 13.1. The number of halogens is 1. The van der Waals surface area contributed by atoms with Crippen molar-refractivity contribution in [2.45, 2.75) is 24.4 Å². The molecule has 1 fully saturated rings. The monoisotopic (exact) mass is 396 g/mol. The molecule has 0 spiro atoms. The number of piperidine rings is 1. The molecule has 5 nitrogen and oxygen atoms in total. The Bertz CT molecular complexity index is 937. The van der Waals surface area contributed by atoms with Gasteiger partial charge in [0.05, 0.1) is 11.4 Å². The molecule has 0 bridgehead atoms. The van der Waals surface area contributed by atoms with E-state index >= 15 is 0 Å². The summed E-state index contributed by atoms with van der Waals surface area (Å²) in [6, 6.07) is 15.6. The summed E-state index contributed by atoms with van der Waals surface area (Å²) in [4.78, 5) is 14.7. The zero-order valence-corrected chi connectivity index (χ0v) is 16.2. The predicted molar refractivity (Wildman–Crippen MR) is 109 cm³/mol. The summed E-state index contributed by atoms with van der Waals surface area (Å²) in [5, 5.41) is 9.49. The fraction of sp³-hybridized carbons (Fsp3) is 0.286. The molecule has 3 aromatic rings. The van der Waals surface area contributed by atoms with Crippen LogP contribution < -0.4 is 4.90 Å². The van der Waals surface area contributed by atoms with E-state index in [0.29, 0.717) is 10.7 Å². The quantitative estimate of drug-likeness (QED) is 0.457. The summed E-state index contributed by atoms with van der Waals surface area (Å²) in [6.45, 7) is 1.92. The van der Waals surface area contributed by atoms with E-state index in [2.05, 4.69) is 15.1 Å². The normalized spacial score (nSPS) is 14.2. The Morgan fingerprint density at radius 2 is 1.68 bits per heavy atom. The second kappa shape index (κ2) is 8.56. The molecule has 0 amide bonds. The fourth-order valence-electron chi connectivity index (χ4n) is 3.31. The van der Waals surface area contributed by atoms with E-state index < -0.39 is 0 Å². The third-order valence-corrected chi connectivity index (χ3v) is 5.70. The Labute approximate surface area is 167 Å². The van der Waals surface area contributed by atoms with Gasteiger partial charge in [-0.15, -0.1) is 10.2 Å². The summed E-state index contributed by atoms with van der Waals surface area (Å²) in [5.74, 6) is 0.630. The summed E-state index contributed by atoms with van der Waals surface area (Å²) < 4.78 is 15.1. The van der Waals surface area contributed by atoms with Crippen molar-refractivity contribution in [3.05, 3.63) is 66.0 Å². The highest BCUT2D eigenvalue weighted by Gasteiger charge is 2.22. The molecular weight excluding hydrogens is 375 g/mol. The molecule has 28 heavy (non-hydrogen) atoms. The maximum absolute atomic E-state index is 13.1. The number of hydrogen-bond donors (Lipinski definition) is 0. The summed E-state index contributed by atoms with van der Waals surface area (Å²) in [6.07, 6.45) is 3.53. The first-order valence-corrected chi connectivity index (χ1v) is 10.4. The van der Waals surface area contributed by atoms with E-state index in [-0.39, 0.29) is 17.4 Å². The lowest BCUT2D eigenvalue weighted by atomic mass is 10.1. The van der Waals surface area contributed by atoms with Crippen LogP contribution in [0.25, 0.3) is 5.69 Å². The van der Waals surface area contributed by atoms with Gasteiger partial charge in [-0.1, -0.05) is 30.0 Å². The molecule has 0 atom stereocenters. The number of carbonyl (C=O) groups excluding carboxylic acids is 1. The van der Waals surface area contributed by atoms with Crippen molar-refractivity contribution in [3.8, 4) is 5.69 Å². The summed E-state index contributed by atoms with van der Waals surface area (Å²) >= 11 is 1.35. The first kappa shape index (κ1) is 18.7. The summed E-state index contributed by atoms with van der Waals surface area (Å²) in [5.41, 5.74) is 1.47. The zero-order chi connectivity index (χ0) is 19.3. The standard InChI is InChI=1S/C21H21FN4OS/c22-17-11-9-16(10-12-17)19(27)15-28-21-24-23-20(25-13-5-2-6-14-25)26(21)18-7-3-1-4-8-18/h1,3-4,7-12H,2,5-6,13-15H2. The van der Waals surface area contributed by atoms with Crippen LogP contribution in [0, 0.1) is 5.82 Å². The summed E-state index contributed by atoms with van der Waals surface area (Å²) in [7, 11) is 0. The minimum atomic E-state index is -0.348. The van der Waals surface area contributed by atoms with Gasteiger partial charge in [0.25, 0.3) is 0 Å². The van der Waals surface area contributed by atoms with Crippen LogP contribution in [-0.4, -0.2) is 39.4 Å². The first-order valence-electron chi connectivity index (χ1n) is 9.40. The zero-order valence-electron chi connectivity index (χ0n) is 15.4. The lowest BCUT2D eigenvalue weighted by molar-refractivity contribution is 0.102. The number of aromatic nitrogens is 3. The number of anilines is 1. The Kier molecular flexibility index (Phi) is 5.71. The van der Waals surface area contributed by atoms with Crippen LogP contribution >= 0.6 is 11.8 Å². The topological polar surface area (TPSA) is 51.0 Å². The lowest BCUT2D eigenvalue weighted by Gasteiger charge is -2.27. The molecular formula is C21H21FN4OS. The molecule has 0 radical (unpaired) electrons. The average molecular weight is 396 g/mol. The number of thioether (sulfide) groups is 1. The molecule has 4 rings (SSSR count). The maximum Gasteiger partial charge on any atom is 0.232 e. The minimum absolute atomic E-state index is 0.0628. The van der Waals surface area contributed by atoms with Crippen molar-refractivity contribution >= 4 is 23.5 Å². The molecule has 0 unspecified atom stereocenters. The Morgan fingerprint density at radius 3 is 2.39 bits per heavy atom. The number of rotatable bonds is 6. The van der Waals surface area contributed by atoms with Crippen LogP contribution in [0.2, 0.25) is 0 Å². The SMILES string of the molecule is O=C(CSc1nnc(N2CCCCC2)n1-c1ccccc1)c1ccc(F)cc1. The molecule has 1 aromatic heterocycles. The van der Waals surface area contributed by atoms with Gasteiger partial charge in [-0.3, -0.25) is 9.36 Å². The highest BCUT2D eigenvalue weighted by atomic mass is 32.2. The molecule has 0 saturated carbocycles. The second-order valence-corrected chi connectivity index (χ2v) is 7.66. The van der Waals surface area contributed by atoms with Gasteiger partial charge in [-0.2, -0.15) is 0 Å². The molecule has 0 aliphatic carbocycles. The number of carbonyl (C=O) groups is 1. The van der Waals surface area contributed by atoms with Crippen LogP contribution in [0.15, 0.2) is 59.8 Å². The van der Waals surface area contributed by atoms with Crippen molar-refractivity contribution in [2.75, 3.05) is 23.7 Å². The van der Waals surface area contributed by atoms with E-state index in [4.69, 9.17) is 0 Å². The molecule has 1 aliphatic heterocycles. The minimum Gasteiger partial charge on any atom is -0.341 e. The highest BCUT2D eigenvalue weighted by Crippen LogP contribution is 2.28. The van der Waals surface area contributed by atoms with E-state index in [0.717, 1.165) is 37.6 Å². The number of para-hydroxylation sites is 1. The first-order chi connectivity index (χ1) is 13.7. The van der Waals surface area contributed by atoms with E-state index in [1.807, 2.05) is 34.9 Å². The molecule has 2 aromatic carbocycles. The Morgan fingerprint density at radius 1 is 0.964 bits per heavy atom. The fourth-order valence-corrected chi connectivity index (χ4v) is 4.15. The van der Waals surface area contributed by atoms with Crippen LogP contribution in [0.3, 0.4) is 0 Å². The van der Waals surface area contributed by atoms with E-state index in [9.17, 15) is 9.18 Å². The molecule has 0 N–H and O–H groups in total. The predicted octanol–water partition coefficient (Wildman–Crippen LogP) is 4.37. The van der Waals surface area contributed by atoms with Gasteiger partial charge < -0.3 is 4.90 Å². The van der Waals surface area contributed by atoms with Gasteiger partial charge in [-0.25, -0.2) is 4.39 Å². The third-order valence-electron chi connectivity index (χ3n) is 4.77. The van der Waals surface area contributed by atoms with Crippen LogP contribution in [-0.2, 0) is 0 Å². The van der Waals surface area contributed by atoms with E-state index in [1.54, 1.807) is 0 Å². The van der Waals surface area contributed by atoms with Gasteiger partial charge >= 0.3 is 0 Å². The largest absolute Gasteiger partial charge is 0.341 e. The van der Waals surface area contributed by atoms with Crippen molar-refractivity contribution in [2.24, 2.45) is 0 Å². The number of ketones is 1. The van der Waals surface area contributed by atoms with Gasteiger partial charge in [0, 0.05) is 18.7 Å². The molecule has 1 saturated heterocycles.